The quantitative estimate of drug-likeness (QED) is 0.920. The Balaban J connectivity index is 1.58. The molecule has 1 aromatic heterocycles. The number of hydrogen-bond donors (Lipinski definition) is 1. The molecule has 1 spiro atoms. The van der Waals surface area contributed by atoms with Crippen LogP contribution in [0.4, 0.5) is 5.82 Å². The highest BCUT2D eigenvalue weighted by atomic mass is 15.2. The lowest BCUT2D eigenvalue weighted by atomic mass is 9.61. The molecule has 1 aliphatic carbocycles. The van der Waals surface area contributed by atoms with E-state index in [0.717, 1.165) is 25.3 Å². The van der Waals surface area contributed by atoms with Crippen LogP contribution in [0.1, 0.15) is 45.1 Å². The third kappa shape index (κ3) is 2.83. The first-order valence-electron chi connectivity index (χ1n) is 8.02. The van der Waals surface area contributed by atoms with E-state index in [4.69, 9.17) is 5.73 Å². The van der Waals surface area contributed by atoms with Crippen LogP contribution in [0.2, 0.25) is 0 Å². The van der Waals surface area contributed by atoms with E-state index in [2.05, 4.69) is 42.1 Å². The first kappa shape index (κ1) is 13.9. The van der Waals surface area contributed by atoms with E-state index in [1.807, 2.05) is 0 Å². The van der Waals surface area contributed by atoms with E-state index >= 15 is 0 Å². The van der Waals surface area contributed by atoms with Crippen LogP contribution >= 0.6 is 0 Å². The third-order valence-electron chi connectivity index (χ3n) is 4.99. The predicted molar refractivity (Wildman–Crippen MR) is 83.9 cm³/mol. The fourth-order valence-corrected chi connectivity index (χ4v) is 3.87. The van der Waals surface area contributed by atoms with Gasteiger partial charge in [0.25, 0.3) is 0 Å². The second-order valence-corrected chi connectivity index (χ2v) is 7.28. The molecule has 1 saturated carbocycles. The van der Waals surface area contributed by atoms with Gasteiger partial charge in [-0.2, -0.15) is 0 Å². The number of anilines is 1. The number of aromatic nitrogens is 1. The number of hydrogen-bond acceptors (Lipinski definition) is 3. The van der Waals surface area contributed by atoms with Crippen LogP contribution in [0.25, 0.3) is 0 Å². The van der Waals surface area contributed by atoms with Crippen LogP contribution in [0.15, 0.2) is 18.3 Å². The maximum absolute atomic E-state index is 5.96. The molecule has 0 amide bonds. The number of rotatable bonds is 3. The molecule has 2 heterocycles. The average Bonchev–Trinajstić information content (AvgIpc) is 2.38. The van der Waals surface area contributed by atoms with Gasteiger partial charge in [0.15, 0.2) is 0 Å². The van der Waals surface area contributed by atoms with Crippen LogP contribution in [0.5, 0.6) is 0 Å². The molecule has 3 rings (SSSR count). The van der Waals surface area contributed by atoms with E-state index in [0.29, 0.717) is 17.4 Å². The summed E-state index contributed by atoms with van der Waals surface area (Å²) in [5, 5.41) is 0. The molecule has 3 nitrogen and oxygen atoms in total. The van der Waals surface area contributed by atoms with Crippen molar-refractivity contribution in [2.24, 2.45) is 17.1 Å². The van der Waals surface area contributed by atoms with Crippen LogP contribution in [-0.2, 0) is 6.42 Å². The summed E-state index contributed by atoms with van der Waals surface area (Å²) < 4.78 is 0. The Labute approximate surface area is 122 Å². The van der Waals surface area contributed by atoms with Crippen molar-refractivity contribution in [1.82, 2.24) is 4.98 Å². The maximum Gasteiger partial charge on any atom is 0.128 e. The van der Waals surface area contributed by atoms with Crippen molar-refractivity contribution in [3.05, 3.63) is 23.9 Å². The van der Waals surface area contributed by atoms with Gasteiger partial charge in [-0.1, -0.05) is 19.9 Å². The Morgan fingerprint density at radius 2 is 2.00 bits per heavy atom. The minimum atomic E-state index is 0.468. The molecular formula is C17H27N3. The molecule has 2 N–H and O–H groups in total. The molecule has 0 bridgehead atoms. The van der Waals surface area contributed by atoms with Crippen LogP contribution in [-0.4, -0.2) is 24.1 Å². The van der Waals surface area contributed by atoms with Crippen LogP contribution < -0.4 is 10.6 Å². The van der Waals surface area contributed by atoms with Crippen molar-refractivity contribution in [2.75, 3.05) is 18.0 Å². The third-order valence-corrected chi connectivity index (χ3v) is 4.99. The van der Waals surface area contributed by atoms with Crippen LogP contribution in [0.3, 0.4) is 0 Å². The molecular weight excluding hydrogens is 246 g/mol. The van der Waals surface area contributed by atoms with Gasteiger partial charge in [-0.3, -0.25) is 0 Å². The molecule has 0 unspecified atom stereocenters. The van der Waals surface area contributed by atoms with E-state index in [-0.39, 0.29) is 0 Å². The first-order valence-corrected chi connectivity index (χ1v) is 8.02. The van der Waals surface area contributed by atoms with Gasteiger partial charge in [0, 0.05) is 25.3 Å². The lowest BCUT2D eigenvalue weighted by molar-refractivity contribution is 0.0711. The second-order valence-electron chi connectivity index (χ2n) is 7.28. The van der Waals surface area contributed by atoms with Gasteiger partial charge in [-0.25, -0.2) is 4.98 Å². The molecule has 2 fully saturated rings. The number of nitrogens with zero attached hydrogens (tertiary/aromatic N) is 2. The molecule has 3 heteroatoms. The van der Waals surface area contributed by atoms with E-state index in [9.17, 15) is 0 Å². The molecule has 110 valence electrons. The van der Waals surface area contributed by atoms with E-state index in [1.165, 1.54) is 31.2 Å². The molecule has 20 heavy (non-hydrogen) atoms. The molecule has 0 radical (unpaired) electrons. The predicted octanol–water partition coefficient (Wildman–Crippen LogP) is 2.99. The molecule has 1 aliphatic heterocycles. The normalized spacial score (nSPS) is 22.3. The zero-order valence-corrected chi connectivity index (χ0v) is 12.8. The summed E-state index contributed by atoms with van der Waals surface area (Å²) in [6.07, 6.45) is 8.22. The van der Waals surface area contributed by atoms with Crippen molar-refractivity contribution < 1.29 is 0 Å². The summed E-state index contributed by atoms with van der Waals surface area (Å²) in [6.45, 7) is 6.79. The highest BCUT2D eigenvalue weighted by Crippen LogP contribution is 2.48. The van der Waals surface area contributed by atoms with Gasteiger partial charge < -0.3 is 10.6 Å². The van der Waals surface area contributed by atoms with Crippen molar-refractivity contribution in [1.29, 1.82) is 0 Å². The SMILES string of the molecule is CC(C)Cc1ccc(N2CCC3(CC2)CC(N)C3)nc1. The Hall–Kier alpha value is -1.09. The van der Waals surface area contributed by atoms with Gasteiger partial charge in [-0.15, -0.1) is 0 Å². The van der Waals surface area contributed by atoms with Crippen LogP contribution in [0, 0.1) is 11.3 Å². The van der Waals surface area contributed by atoms with Crippen molar-refractivity contribution in [3.8, 4) is 0 Å². The van der Waals surface area contributed by atoms with Crippen molar-refractivity contribution in [2.45, 2.75) is 52.0 Å². The van der Waals surface area contributed by atoms with Gasteiger partial charge in [-0.05, 0) is 55.1 Å². The van der Waals surface area contributed by atoms with Gasteiger partial charge in [0.1, 0.15) is 5.82 Å². The largest absolute Gasteiger partial charge is 0.357 e. The summed E-state index contributed by atoms with van der Waals surface area (Å²) >= 11 is 0. The van der Waals surface area contributed by atoms with Crippen molar-refractivity contribution in [3.63, 3.8) is 0 Å². The Kier molecular flexibility index (Phi) is 3.72. The monoisotopic (exact) mass is 273 g/mol. The minimum absolute atomic E-state index is 0.468. The molecule has 1 aromatic rings. The highest BCUT2D eigenvalue weighted by Gasteiger charge is 2.44. The van der Waals surface area contributed by atoms with E-state index < -0.39 is 0 Å². The maximum atomic E-state index is 5.96. The molecule has 1 saturated heterocycles. The zero-order valence-electron chi connectivity index (χ0n) is 12.8. The van der Waals surface area contributed by atoms with Gasteiger partial charge in [0.05, 0.1) is 0 Å². The average molecular weight is 273 g/mol. The smallest absolute Gasteiger partial charge is 0.128 e. The Bertz CT molecular complexity index is 436. The lowest BCUT2D eigenvalue weighted by Crippen LogP contribution is -2.52. The number of piperidine rings is 1. The number of nitrogens with two attached hydrogens (primary N) is 1. The van der Waals surface area contributed by atoms with E-state index in [1.54, 1.807) is 0 Å². The highest BCUT2D eigenvalue weighted by molar-refractivity contribution is 5.40. The lowest BCUT2D eigenvalue weighted by Gasteiger charge is -2.51. The Morgan fingerprint density at radius 3 is 2.50 bits per heavy atom. The fraction of sp³-hybridized carbons (Fsp3) is 0.706. The number of pyridine rings is 1. The Morgan fingerprint density at radius 1 is 1.30 bits per heavy atom. The fourth-order valence-electron chi connectivity index (χ4n) is 3.87. The van der Waals surface area contributed by atoms with Gasteiger partial charge >= 0.3 is 0 Å². The summed E-state index contributed by atoms with van der Waals surface area (Å²) in [5.74, 6) is 1.84. The molecule has 2 aliphatic rings. The molecule has 0 atom stereocenters. The standard InChI is InChI=1S/C17H27N3/c1-13(2)9-14-3-4-16(19-12-14)20-7-5-17(6-8-20)10-15(18)11-17/h3-4,12-13,15H,5-11,18H2,1-2H3. The summed E-state index contributed by atoms with van der Waals surface area (Å²) in [6, 6.07) is 4.91. The summed E-state index contributed by atoms with van der Waals surface area (Å²) in [4.78, 5) is 7.10. The summed E-state index contributed by atoms with van der Waals surface area (Å²) in [7, 11) is 0. The van der Waals surface area contributed by atoms with Crippen molar-refractivity contribution >= 4 is 5.82 Å². The summed E-state index contributed by atoms with van der Waals surface area (Å²) in [5.41, 5.74) is 7.89. The first-order chi connectivity index (χ1) is 9.56. The minimum Gasteiger partial charge on any atom is -0.357 e. The second kappa shape index (κ2) is 5.36. The zero-order chi connectivity index (χ0) is 14.2. The van der Waals surface area contributed by atoms with Gasteiger partial charge in [0.2, 0.25) is 0 Å². The topological polar surface area (TPSA) is 42.1 Å². The molecule has 0 aromatic carbocycles.